The average Bonchev–Trinajstić information content (AvgIpc) is 2.53. The molecular formula is C18H19ClF2N2O. The lowest BCUT2D eigenvalue weighted by molar-refractivity contribution is -0.121. The van der Waals surface area contributed by atoms with Crippen LogP contribution < -0.4 is 10.6 Å². The molecule has 1 amide bonds. The van der Waals surface area contributed by atoms with Crippen molar-refractivity contribution in [1.82, 2.24) is 10.6 Å². The third-order valence-corrected chi connectivity index (χ3v) is 4.00. The number of hydrogen-bond acceptors (Lipinski definition) is 2. The highest BCUT2D eigenvalue weighted by atomic mass is 35.5. The first-order valence-corrected chi connectivity index (χ1v) is 7.97. The van der Waals surface area contributed by atoms with E-state index in [-0.39, 0.29) is 24.1 Å². The van der Waals surface area contributed by atoms with E-state index in [9.17, 15) is 13.6 Å². The van der Waals surface area contributed by atoms with E-state index < -0.39 is 17.7 Å². The Morgan fingerprint density at radius 3 is 2.38 bits per heavy atom. The topological polar surface area (TPSA) is 41.1 Å². The number of rotatable bonds is 6. The molecule has 0 bridgehead atoms. The van der Waals surface area contributed by atoms with Gasteiger partial charge in [0.1, 0.15) is 11.6 Å². The van der Waals surface area contributed by atoms with Crippen molar-refractivity contribution in [1.29, 1.82) is 0 Å². The summed E-state index contributed by atoms with van der Waals surface area (Å²) < 4.78 is 26.6. The van der Waals surface area contributed by atoms with Crippen LogP contribution in [0.15, 0.2) is 42.5 Å². The van der Waals surface area contributed by atoms with Gasteiger partial charge in [0, 0.05) is 22.7 Å². The molecule has 0 saturated heterocycles. The van der Waals surface area contributed by atoms with Crippen LogP contribution >= 0.6 is 11.6 Å². The molecule has 0 heterocycles. The molecule has 3 nitrogen and oxygen atoms in total. The molecule has 2 aromatic rings. The summed E-state index contributed by atoms with van der Waals surface area (Å²) in [5.41, 5.74) is 1.25. The fourth-order valence-electron chi connectivity index (χ4n) is 2.34. The minimum absolute atomic E-state index is 0.0362. The quantitative estimate of drug-likeness (QED) is 0.820. The van der Waals surface area contributed by atoms with Gasteiger partial charge in [0.2, 0.25) is 5.91 Å². The summed E-state index contributed by atoms with van der Waals surface area (Å²) in [5, 5.41) is 6.43. The zero-order valence-electron chi connectivity index (χ0n) is 13.4. The van der Waals surface area contributed by atoms with Gasteiger partial charge in [-0.25, -0.2) is 8.78 Å². The fraction of sp³-hybridized carbons (Fsp3) is 0.278. The molecule has 0 aromatic heterocycles. The van der Waals surface area contributed by atoms with E-state index in [1.165, 1.54) is 12.1 Å². The number of hydrogen-bond donors (Lipinski definition) is 2. The molecule has 2 N–H and O–H groups in total. The molecule has 128 valence electrons. The van der Waals surface area contributed by atoms with E-state index in [0.717, 1.165) is 11.6 Å². The molecule has 0 fully saturated rings. The van der Waals surface area contributed by atoms with Crippen LogP contribution in [0, 0.1) is 11.6 Å². The molecular weight excluding hydrogens is 334 g/mol. The predicted octanol–water partition coefficient (Wildman–Crippen LogP) is 4.15. The highest BCUT2D eigenvalue weighted by molar-refractivity contribution is 6.30. The minimum Gasteiger partial charge on any atom is -0.348 e. The van der Waals surface area contributed by atoms with Crippen LogP contribution in [-0.4, -0.2) is 12.5 Å². The van der Waals surface area contributed by atoms with Crippen molar-refractivity contribution in [2.45, 2.75) is 25.9 Å². The third kappa shape index (κ3) is 5.01. The Hall–Kier alpha value is -1.98. The molecule has 0 aliphatic carbocycles. The lowest BCUT2D eigenvalue weighted by Crippen LogP contribution is -2.36. The van der Waals surface area contributed by atoms with E-state index in [1.54, 1.807) is 19.1 Å². The van der Waals surface area contributed by atoms with Gasteiger partial charge in [0.25, 0.3) is 0 Å². The van der Waals surface area contributed by atoms with Gasteiger partial charge >= 0.3 is 0 Å². The van der Waals surface area contributed by atoms with Crippen molar-refractivity contribution in [3.63, 3.8) is 0 Å². The number of amides is 1. The molecule has 24 heavy (non-hydrogen) atoms. The molecule has 2 atom stereocenters. The summed E-state index contributed by atoms with van der Waals surface area (Å²) in [5.74, 6) is -1.59. The van der Waals surface area contributed by atoms with Crippen LogP contribution in [0.25, 0.3) is 0 Å². The maximum atomic E-state index is 13.7. The molecule has 0 aliphatic heterocycles. The van der Waals surface area contributed by atoms with Gasteiger partial charge in [0.05, 0.1) is 12.6 Å². The predicted molar refractivity (Wildman–Crippen MR) is 90.8 cm³/mol. The lowest BCUT2D eigenvalue weighted by Gasteiger charge is -2.18. The summed E-state index contributed by atoms with van der Waals surface area (Å²) in [7, 11) is 0. The normalized spacial score (nSPS) is 13.4. The number of nitrogens with one attached hydrogen (secondary N) is 2. The molecule has 0 saturated carbocycles. The second-order valence-electron chi connectivity index (χ2n) is 5.61. The third-order valence-electron chi connectivity index (χ3n) is 3.75. The van der Waals surface area contributed by atoms with Crippen LogP contribution in [-0.2, 0) is 4.79 Å². The van der Waals surface area contributed by atoms with Gasteiger partial charge in [-0.15, -0.1) is 0 Å². The summed E-state index contributed by atoms with van der Waals surface area (Å²) in [6.07, 6.45) is 0. The number of carbonyl (C=O) groups excluding carboxylic acids is 1. The smallest absolute Gasteiger partial charge is 0.234 e. The van der Waals surface area contributed by atoms with Gasteiger partial charge in [-0.05, 0) is 37.6 Å². The Balaban J connectivity index is 1.87. The van der Waals surface area contributed by atoms with Crippen molar-refractivity contribution in [3.8, 4) is 0 Å². The van der Waals surface area contributed by atoms with Crippen LogP contribution in [0.4, 0.5) is 8.78 Å². The number of halogens is 3. The second-order valence-corrected chi connectivity index (χ2v) is 6.05. The second kappa shape index (κ2) is 8.22. The zero-order chi connectivity index (χ0) is 17.7. The van der Waals surface area contributed by atoms with E-state index in [0.29, 0.717) is 5.02 Å². The standard InChI is InChI=1S/C18H19ClF2N2O/c1-11(13-3-5-14(19)6-4-13)22-10-18(24)23-12(2)16-8-7-15(20)9-17(16)21/h3-9,11-12,22H,10H2,1-2H3,(H,23,24)/t11-,12-/m0/s1. The van der Waals surface area contributed by atoms with Crippen molar-refractivity contribution in [2.75, 3.05) is 6.54 Å². The summed E-state index contributed by atoms with van der Waals surface area (Å²) in [4.78, 5) is 12.0. The van der Waals surface area contributed by atoms with Gasteiger partial charge in [-0.3, -0.25) is 4.79 Å². The van der Waals surface area contributed by atoms with Crippen molar-refractivity contribution in [2.24, 2.45) is 0 Å². The Bertz CT molecular complexity index is 707. The molecule has 2 aromatic carbocycles. The van der Waals surface area contributed by atoms with Crippen LogP contribution in [0.3, 0.4) is 0 Å². The highest BCUT2D eigenvalue weighted by Crippen LogP contribution is 2.18. The Morgan fingerprint density at radius 1 is 1.08 bits per heavy atom. The van der Waals surface area contributed by atoms with E-state index >= 15 is 0 Å². The van der Waals surface area contributed by atoms with E-state index in [2.05, 4.69) is 10.6 Å². The molecule has 0 radical (unpaired) electrons. The van der Waals surface area contributed by atoms with Gasteiger partial charge in [0.15, 0.2) is 0 Å². The van der Waals surface area contributed by atoms with Gasteiger partial charge in [-0.1, -0.05) is 29.8 Å². The fourth-order valence-corrected chi connectivity index (χ4v) is 2.46. The zero-order valence-corrected chi connectivity index (χ0v) is 14.2. The summed E-state index contributed by atoms with van der Waals surface area (Å²) >= 11 is 5.84. The van der Waals surface area contributed by atoms with Gasteiger partial charge in [-0.2, -0.15) is 0 Å². The average molecular weight is 353 g/mol. The largest absolute Gasteiger partial charge is 0.348 e. The van der Waals surface area contributed by atoms with Crippen LogP contribution in [0.2, 0.25) is 5.02 Å². The van der Waals surface area contributed by atoms with Crippen LogP contribution in [0.1, 0.15) is 37.1 Å². The lowest BCUT2D eigenvalue weighted by atomic mass is 10.1. The van der Waals surface area contributed by atoms with Gasteiger partial charge < -0.3 is 10.6 Å². The molecule has 6 heteroatoms. The maximum Gasteiger partial charge on any atom is 0.234 e. The van der Waals surface area contributed by atoms with Crippen molar-refractivity contribution in [3.05, 3.63) is 70.2 Å². The van der Waals surface area contributed by atoms with E-state index in [4.69, 9.17) is 11.6 Å². The molecule has 0 aliphatic rings. The molecule has 0 unspecified atom stereocenters. The van der Waals surface area contributed by atoms with Crippen molar-refractivity contribution >= 4 is 17.5 Å². The summed E-state index contributed by atoms with van der Waals surface area (Å²) in [6, 6.07) is 10.1. The Morgan fingerprint density at radius 2 is 1.75 bits per heavy atom. The van der Waals surface area contributed by atoms with Crippen molar-refractivity contribution < 1.29 is 13.6 Å². The monoisotopic (exact) mass is 352 g/mol. The highest BCUT2D eigenvalue weighted by Gasteiger charge is 2.15. The Kier molecular flexibility index (Phi) is 6.29. The summed E-state index contributed by atoms with van der Waals surface area (Å²) in [6.45, 7) is 3.66. The molecule has 0 spiro atoms. The minimum atomic E-state index is -0.676. The Labute approximate surface area is 145 Å². The number of benzene rings is 2. The van der Waals surface area contributed by atoms with Crippen LogP contribution in [0.5, 0.6) is 0 Å². The first-order chi connectivity index (χ1) is 11.4. The first kappa shape index (κ1) is 18.4. The first-order valence-electron chi connectivity index (χ1n) is 7.60. The molecule has 2 rings (SSSR count). The maximum absolute atomic E-state index is 13.7. The van der Waals surface area contributed by atoms with E-state index in [1.807, 2.05) is 19.1 Å². The number of carbonyl (C=O) groups is 1. The SMILES string of the molecule is C[C@H](NCC(=O)N[C@@H](C)c1ccc(F)cc1F)c1ccc(Cl)cc1.